The zero-order valence-electron chi connectivity index (χ0n) is 12.2. The predicted molar refractivity (Wildman–Crippen MR) is 84.5 cm³/mol. The molecule has 1 amide bonds. The van der Waals surface area contributed by atoms with Crippen LogP contribution in [0.2, 0.25) is 0 Å². The molecule has 8 heteroatoms. The molecule has 2 rings (SSSR count). The average Bonchev–Trinajstić information content (AvgIpc) is 2.87. The Morgan fingerprint density at radius 3 is 2.86 bits per heavy atom. The van der Waals surface area contributed by atoms with Crippen molar-refractivity contribution in [1.82, 2.24) is 14.7 Å². The zero-order chi connectivity index (χ0) is 16.3. The van der Waals surface area contributed by atoms with Crippen LogP contribution in [0.3, 0.4) is 0 Å². The number of hydrogen-bond acceptors (Lipinski definition) is 4. The molecule has 1 aromatic carbocycles. The number of nitro groups is 1. The molecule has 1 aromatic heterocycles. The summed E-state index contributed by atoms with van der Waals surface area (Å²) in [7, 11) is 1.65. The standard InChI is InChI=1S/C14H15BrN4O3/c1-3-18-13(12(15)8-16-18)9-17(2)14(20)10-5-4-6-11(7-10)19(21)22/h4-8H,3,9H2,1-2H3. The lowest BCUT2D eigenvalue weighted by Crippen LogP contribution is -2.27. The summed E-state index contributed by atoms with van der Waals surface area (Å²) in [6.07, 6.45) is 1.69. The van der Waals surface area contributed by atoms with Crippen molar-refractivity contribution < 1.29 is 9.72 Å². The fraction of sp³-hybridized carbons (Fsp3) is 0.286. The van der Waals surface area contributed by atoms with E-state index < -0.39 is 4.92 Å². The summed E-state index contributed by atoms with van der Waals surface area (Å²) in [6.45, 7) is 3.01. The number of halogens is 1. The molecule has 116 valence electrons. The first-order valence-electron chi connectivity index (χ1n) is 6.64. The maximum atomic E-state index is 12.4. The van der Waals surface area contributed by atoms with Gasteiger partial charge in [0.25, 0.3) is 11.6 Å². The first-order chi connectivity index (χ1) is 10.4. The number of non-ortho nitro benzene ring substituents is 1. The number of aromatic nitrogens is 2. The Labute approximate surface area is 135 Å². The molecule has 0 saturated carbocycles. The van der Waals surface area contributed by atoms with Gasteiger partial charge in [-0.05, 0) is 28.9 Å². The van der Waals surface area contributed by atoms with Crippen LogP contribution in [0, 0.1) is 10.1 Å². The Bertz CT molecular complexity index is 714. The summed E-state index contributed by atoms with van der Waals surface area (Å²) >= 11 is 3.41. The van der Waals surface area contributed by atoms with E-state index in [9.17, 15) is 14.9 Å². The van der Waals surface area contributed by atoms with Crippen molar-refractivity contribution in [2.45, 2.75) is 20.0 Å². The van der Waals surface area contributed by atoms with E-state index in [1.54, 1.807) is 24.0 Å². The molecule has 7 nitrogen and oxygen atoms in total. The number of amides is 1. The summed E-state index contributed by atoms with van der Waals surface area (Å²) in [5, 5.41) is 15.0. The molecule has 22 heavy (non-hydrogen) atoms. The van der Waals surface area contributed by atoms with E-state index in [4.69, 9.17) is 0 Å². The minimum absolute atomic E-state index is 0.0981. The van der Waals surface area contributed by atoms with Crippen molar-refractivity contribution >= 4 is 27.5 Å². The van der Waals surface area contributed by atoms with Crippen LogP contribution in [0.1, 0.15) is 23.0 Å². The Kier molecular flexibility index (Phi) is 4.92. The molecule has 0 fully saturated rings. The minimum Gasteiger partial charge on any atom is -0.336 e. The molecule has 0 bridgehead atoms. The van der Waals surface area contributed by atoms with Gasteiger partial charge in [0.1, 0.15) is 0 Å². The molecule has 0 aliphatic heterocycles. The van der Waals surface area contributed by atoms with E-state index in [1.165, 1.54) is 23.1 Å². The molecule has 0 radical (unpaired) electrons. The number of nitrogens with zero attached hydrogens (tertiary/aromatic N) is 4. The maximum Gasteiger partial charge on any atom is 0.270 e. The van der Waals surface area contributed by atoms with Crippen LogP contribution in [-0.2, 0) is 13.1 Å². The lowest BCUT2D eigenvalue weighted by Gasteiger charge is -2.18. The van der Waals surface area contributed by atoms with Gasteiger partial charge in [-0.15, -0.1) is 0 Å². The van der Waals surface area contributed by atoms with E-state index in [0.29, 0.717) is 13.1 Å². The third kappa shape index (κ3) is 3.33. The number of rotatable bonds is 5. The number of carbonyl (C=O) groups excluding carboxylic acids is 1. The molecular weight excluding hydrogens is 352 g/mol. The van der Waals surface area contributed by atoms with E-state index in [0.717, 1.165) is 10.2 Å². The summed E-state index contributed by atoms with van der Waals surface area (Å²) in [4.78, 5) is 24.2. The normalized spacial score (nSPS) is 10.5. The van der Waals surface area contributed by atoms with Gasteiger partial charge < -0.3 is 4.90 Å². The summed E-state index contributed by atoms with van der Waals surface area (Å²) in [5.74, 6) is -0.278. The van der Waals surface area contributed by atoms with Gasteiger partial charge >= 0.3 is 0 Å². The molecule has 1 heterocycles. The highest BCUT2D eigenvalue weighted by atomic mass is 79.9. The van der Waals surface area contributed by atoms with Crippen LogP contribution >= 0.6 is 15.9 Å². The van der Waals surface area contributed by atoms with Gasteiger partial charge in [-0.2, -0.15) is 5.10 Å². The second-order valence-corrected chi connectivity index (χ2v) is 5.58. The summed E-state index contributed by atoms with van der Waals surface area (Å²) < 4.78 is 2.62. The average molecular weight is 367 g/mol. The topological polar surface area (TPSA) is 81.3 Å². The SMILES string of the molecule is CCn1ncc(Br)c1CN(C)C(=O)c1cccc([N+](=O)[O-])c1. The number of hydrogen-bond donors (Lipinski definition) is 0. The van der Waals surface area contributed by atoms with Gasteiger partial charge in [-0.1, -0.05) is 6.07 Å². The first-order valence-corrected chi connectivity index (χ1v) is 7.43. The third-order valence-corrected chi connectivity index (χ3v) is 3.90. The number of carbonyl (C=O) groups is 1. The van der Waals surface area contributed by atoms with E-state index in [2.05, 4.69) is 21.0 Å². The molecule has 2 aromatic rings. The van der Waals surface area contributed by atoms with Gasteiger partial charge in [0, 0.05) is 31.3 Å². The van der Waals surface area contributed by atoms with E-state index >= 15 is 0 Å². The molecule has 0 unspecified atom stereocenters. The smallest absolute Gasteiger partial charge is 0.270 e. The zero-order valence-corrected chi connectivity index (χ0v) is 13.8. The number of nitro benzene ring substituents is 1. The molecule has 0 saturated heterocycles. The molecule has 0 atom stereocenters. The Hall–Kier alpha value is -2.22. The highest BCUT2D eigenvalue weighted by Gasteiger charge is 2.18. The quantitative estimate of drug-likeness (QED) is 0.601. The Morgan fingerprint density at radius 2 is 2.23 bits per heavy atom. The fourth-order valence-electron chi connectivity index (χ4n) is 2.09. The van der Waals surface area contributed by atoms with Crippen LogP contribution in [-0.4, -0.2) is 32.6 Å². The van der Waals surface area contributed by atoms with Crippen molar-refractivity contribution in [3.63, 3.8) is 0 Å². The van der Waals surface area contributed by atoms with Crippen molar-refractivity contribution in [3.8, 4) is 0 Å². The molecular formula is C14H15BrN4O3. The number of aryl methyl sites for hydroxylation is 1. The summed E-state index contributed by atoms with van der Waals surface area (Å²) in [6, 6.07) is 5.72. The number of benzene rings is 1. The van der Waals surface area contributed by atoms with Crippen LogP contribution in [0.25, 0.3) is 0 Å². The molecule has 0 aliphatic rings. The van der Waals surface area contributed by atoms with Crippen LogP contribution in [0.15, 0.2) is 34.9 Å². The van der Waals surface area contributed by atoms with Crippen LogP contribution in [0.4, 0.5) is 5.69 Å². The lowest BCUT2D eigenvalue weighted by molar-refractivity contribution is -0.384. The van der Waals surface area contributed by atoms with E-state index in [1.807, 2.05) is 6.92 Å². The molecule has 0 spiro atoms. The third-order valence-electron chi connectivity index (χ3n) is 3.23. The summed E-state index contributed by atoms with van der Waals surface area (Å²) in [5.41, 5.74) is 1.07. The highest BCUT2D eigenvalue weighted by Crippen LogP contribution is 2.19. The van der Waals surface area contributed by atoms with Crippen molar-refractivity contribution in [2.24, 2.45) is 0 Å². The van der Waals surface area contributed by atoms with Crippen molar-refractivity contribution in [3.05, 3.63) is 56.3 Å². The van der Waals surface area contributed by atoms with Crippen LogP contribution < -0.4 is 0 Å². The van der Waals surface area contributed by atoms with E-state index in [-0.39, 0.29) is 17.2 Å². The Morgan fingerprint density at radius 1 is 1.50 bits per heavy atom. The van der Waals surface area contributed by atoms with Gasteiger partial charge in [0.2, 0.25) is 0 Å². The predicted octanol–water partition coefficient (Wildman–Crippen LogP) is 2.85. The fourth-order valence-corrected chi connectivity index (χ4v) is 2.51. The second kappa shape index (κ2) is 6.69. The Balaban J connectivity index is 2.20. The van der Waals surface area contributed by atoms with Crippen molar-refractivity contribution in [2.75, 3.05) is 7.05 Å². The highest BCUT2D eigenvalue weighted by molar-refractivity contribution is 9.10. The van der Waals surface area contributed by atoms with Gasteiger partial charge in [0.05, 0.1) is 27.8 Å². The second-order valence-electron chi connectivity index (χ2n) is 4.72. The molecule has 0 aliphatic carbocycles. The van der Waals surface area contributed by atoms with Gasteiger partial charge in [-0.3, -0.25) is 19.6 Å². The monoisotopic (exact) mass is 366 g/mol. The first kappa shape index (κ1) is 16.2. The molecule has 0 N–H and O–H groups in total. The largest absolute Gasteiger partial charge is 0.336 e. The minimum atomic E-state index is -0.514. The maximum absolute atomic E-state index is 12.4. The van der Waals surface area contributed by atoms with Crippen LogP contribution in [0.5, 0.6) is 0 Å². The van der Waals surface area contributed by atoms with Crippen molar-refractivity contribution in [1.29, 1.82) is 0 Å². The van der Waals surface area contributed by atoms with Gasteiger partial charge in [0.15, 0.2) is 0 Å². The van der Waals surface area contributed by atoms with Gasteiger partial charge in [-0.25, -0.2) is 0 Å². The lowest BCUT2D eigenvalue weighted by atomic mass is 10.2.